The SMILES string of the molecule is CC(=O)[C@H](C)NCCCCCI. The van der Waals surface area contributed by atoms with Crippen LogP contribution in [-0.2, 0) is 4.79 Å². The molecule has 2 nitrogen and oxygen atoms in total. The zero-order chi connectivity index (χ0) is 9.40. The van der Waals surface area contributed by atoms with E-state index in [-0.39, 0.29) is 11.8 Å². The molecule has 0 aliphatic rings. The fourth-order valence-corrected chi connectivity index (χ4v) is 1.40. The van der Waals surface area contributed by atoms with Gasteiger partial charge >= 0.3 is 0 Å². The summed E-state index contributed by atoms with van der Waals surface area (Å²) >= 11 is 2.39. The maximum atomic E-state index is 10.8. The minimum absolute atomic E-state index is 0.0320. The Balaban J connectivity index is 3.14. The van der Waals surface area contributed by atoms with Crippen molar-refractivity contribution in [2.24, 2.45) is 0 Å². The van der Waals surface area contributed by atoms with E-state index in [1.807, 2.05) is 6.92 Å². The van der Waals surface area contributed by atoms with Gasteiger partial charge in [-0.1, -0.05) is 29.0 Å². The van der Waals surface area contributed by atoms with E-state index in [4.69, 9.17) is 0 Å². The molecule has 0 heterocycles. The number of halogens is 1. The summed E-state index contributed by atoms with van der Waals surface area (Å²) in [5.74, 6) is 0.226. The number of hydrogen-bond donors (Lipinski definition) is 1. The number of hydrogen-bond acceptors (Lipinski definition) is 2. The highest BCUT2D eigenvalue weighted by Crippen LogP contribution is 1.97. The van der Waals surface area contributed by atoms with Crippen molar-refractivity contribution >= 4 is 28.4 Å². The van der Waals surface area contributed by atoms with Gasteiger partial charge in [-0.2, -0.15) is 0 Å². The summed E-state index contributed by atoms with van der Waals surface area (Å²) in [5, 5.41) is 3.19. The van der Waals surface area contributed by atoms with Gasteiger partial charge in [0.1, 0.15) is 5.78 Å². The monoisotopic (exact) mass is 283 g/mol. The average Bonchev–Trinajstić information content (AvgIpc) is 2.03. The van der Waals surface area contributed by atoms with Crippen LogP contribution in [0.15, 0.2) is 0 Å². The molecule has 3 heteroatoms. The molecule has 0 aromatic carbocycles. The van der Waals surface area contributed by atoms with Crippen LogP contribution < -0.4 is 5.32 Å². The number of rotatable bonds is 7. The van der Waals surface area contributed by atoms with Crippen molar-refractivity contribution in [3.8, 4) is 0 Å². The second kappa shape index (κ2) is 7.98. The molecule has 0 saturated carbocycles. The standard InChI is InChI=1S/C9H18INO/c1-8(9(2)12)11-7-5-3-4-6-10/h8,11H,3-7H2,1-2H3/t8-/m0/s1. The molecule has 0 spiro atoms. The fourth-order valence-electron chi connectivity index (χ4n) is 0.859. The van der Waals surface area contributed by atoms with E-state index in [0.29, 0.717) is 0 Å². The third kappa shape index (κ3) is 7.03. The van der Waals surface area contributed by atoms with Gasteiger partial charge in [0, 0.05) is 0 Å². The topological polar surface area (TPSA) is 29.1 Å². The minimum Gasteiger partial charge on any atom is -0.308 e. The van der Waals surface area contributed by atoms with Crippen LogP contribution in [0.1, 0.15) is 33.1 Å². The third-order valence-electron chi connectivity index (χ3n) is 1.87. The van der Waals surface area contributed by atoms with Gasteiger partial charge in [0.05, 0.1) is 6.04 Å². The van der Waals surface area contributed by atoms with Gasteiger partial charge in [0.25, 0.3) is 0 Å². The highest BCUT2D eigenvalue weighted by molar-refractivity contribution is 14.1. The molecule has 1 atom stereocenters. The smallest absolute Gasteiger partial charge is 0.146 e. The van der Waals surface area contributed by atoms with Crippen molar-refractivity contribution in [1.29, 1.82) is 0 Å². The van der Waals surface area contributed by atoms with Crippen LogP contribution in [0.3, 0.4) is 0 Å². The zero-order valence-corrected chi connectivity index (χ0v) is 10.1. The van der Waals surface area contributed by atoms with E-state index in [9.17, 15) is 4.79 Å². The van der Waals surface area contributed by atoms with Crippen LogP contribution in [0.2, 0.25) is 0 Å². The number of carbonyl (C=O) groups is 1. The summed E-state index contributed by atoms with van der Waals surface area (Å²) in [6.45, 7) is 4.51. The fraction of sp³-hybridized carbons (Fsp3) is 0.889. The van der Waals surface area contributed by atoms with Crippen LogP contribution >= 0.6 is 22.6 Å². The van der Waals surface area contributed by atoms with E-state index in [1.165, 1.54) is 23.7 Å². The van der Waals surface area contributed by atoms with Crippen molar-refractivity contribution in [2.75, 3.05) is 11.0 Å². The normalized spacial score (nSPS) is 12.9. The Morgan fingerprint density at radius 1 is 1.42 bits per heavy atom. The summed E-state index contributed by atoms with van der Waals surface area (Å²) in [6.07, 6.45) is 3.73. The molecule has 0 aromatic heterocycles. The molecular weight excluding hydrogens is 265 g/mol. The molecule has 12 heavy (non-hydrogen) atoms. The number of Topliss-reactive ketones (excluding diaryl/α,β-unsaturated/α-hetero) is 1. The quantitative estimate of drug-likeness (QED) is 0.441. The lowest BCUT2D eigenvalue weighted by Gasteiger charge is -2.09. The molecule has 0 aromatic rings. The van der Waals surface area contributed by atoms with Gasteiger partial charge < -0.3 is 5.32 Å². The second-order valence-electron chi connectivity index (χ2n) is 3.04. The Morgan fingerprint density at radius 3 is 2.58 bits per heavy atom. The zero-order valence-electron chi connectivity index (χ0n) is 7.90. The molecule has 0 rings (SSSR count). The Kier molecular flexibility index (Phi) is 8.22. The van der Waals surface area contributed by atoms with E-state index in [1.54, 1.807) is 6.92 Å². The molecule has 72 valence electrons. The maximum absolute atomic E-state index is 10.8. The highest BCUT2D eigenvalue weighted by Gasteiger charge is 2.04. The molecule has 0 bridgehead atoms. The summed E-state index contributed by atoms with van der Waals surface area (Å²) in [5.41, 5.74) is 0. The van der Waals surface area contributed by atoms with E-state index in [0.717, 1.165) is 6.54 Å². The predicted molar refractivity (Wildman–Crippen MR) is 60.9 cm³/mol. The summed E-state index contributed by atoms with van der Waals surface area (Å²) in [6, 6.07) is 0.0320. The van der Waals surface area contributed by atoms with E-state index >= 15 is 0 Å². The molecule has 0 aliphatic carbocycles. The predicted octanol–water partition coefficient (Wildman–Crippen LogP) is 2.16. The lowest BCUT2D eigenvalue weighted by molar-refractivity contribution is -0.118. The first-order valence-electron chi connectivity index (χ1n) is 4.48. The van der Waals surface area contributed by atoms with Crippen molar-refractivity contribution < 1.29 is 4.79 Å². The van der Waals surface area contributed by atoms with Gasteiger partial charge in [-0.25, -0.2) is 0 Å². The van der Waals surface area contributed by atoms with Gasteiger partial charge in [0.15, 0.2) is 0 Å². The lowest BCUT2D eigenvalue weighted by Crippen LogP contribution is -2.32. The number of alkyl halides is 1. The number of nitrogens with one attached hydrogen (secondary N) is 1. The van der Waals surface area contributed by atoms with Crippen LogP contribution in [0.25, 0.3) is 0 Å². The third-order valence-corrected chi connectivity index (χ3v) is 2.63. The Hall–Kier alpha value is 0.360. The van der Waals surface area contributed by atoms with Crippen molar-refractivity contribution in [3.63, 3.8) is 0 Å². The number of ketones is 1. The molecule has 0 aliphatic heterocycles. The molecule has 0 radical (unpaired) electrons. The maximum Gasteiger partial charge on any atom is 0.146 e. The van der Waals surface area contributed by atoms with Crippen molar-refractivity contribution in [2.45, 2.75) is 39.2 Å². The van der Waals surface area contributed by atoms with Gasteiger partial charge in [-0.05, 0) is 37.7 Å². The molecular formula is C9H18INO. The highest BCUT2D eigenvalue weighted by atomic mass is 127. The van der Waals surface area contributed by atoms with Crippen LogP contribution in [0, 0.1) is 0 Å². The van der Waals surface area contributed by atoms with Crippen LogP contribution in [-0.4, -0.2) is 22.8 Å². The minimum atomic E-state index is 0.0320. The molecule has 0 fully saturated rings. The molecule has 0 unspecified atom stereocenters. The molecule has 0 amide bonds. The first-order chi connectivity index (χ1) is 5.68. The first-order valence-corrected chi connectivity index (χ1v) is 6.01. The summed E-state index contributed by atoms with van der Waals surface area (Å²) in [7, 11) is 0. The summed E-state index contributed by atoms with van der Waals surface area (Å²) < 4.78 is 1.24. The van der Waals surface area contributed by atoms with Crippen molar-refractivity contribution in [3.05, 3.63) is 0 Å². The van der Waals surface area contributed by atoms with E-state index < -0.39 is 0 Å². The first kappa shape index (κ1) is 12.4. The Morgan fingerprint density at radius 2 is 2.08 bits per heavy atom. The van der Waals surface area contributed by atoms with Gasteiger partial charge in [-0.15, -0.1) is 0 Å². The molecule has 0 saturated heterocycles. The van der Waals surface area contributed by atoms with Crippen molar-refractivity contribution in [1.82, 2.24) is 5.32 Å². The van der Waals surface area contributed by atoms with Gasteiger partial charge in [-0.3, -0.25) is 4.79 Å². The Bertz CT molecular complexity index is 128. The lowest BCUT2D eigenvalue weighted by atomic mass is 10.2. The molecule has 1 N–H and O–H groups in total. The number of unbranched alkanes of at least 4 members (excludes halogenated alkanes) is 2. The second-order valence-corrected chi connectivity index (χ2v) is 4.11. The summed E-state index contributed by atoms with van der Waals surface area (Å²) in [4.78, 5) is 10.8. The van der Waals surface area contributed by atoms with E-state index in [2.05, 4.69) is 27.9 Å². The number of carbonyl (C=O) groups excluding carboxylic acids is 1. The average molecular weight is 283 g/mol. The van der Waals surface area contributed by atoms with Crippen LogP contribution in [0.5, 0.6) is 0 Å². The van der Waals surface area contributed by atoms with Crippen LogP contribution in [0.4, 0.5) is 0 Å². The largest absolute Gasteiger partial charge is 0.308 e. The Labute approximate surface area is 88.6 Å². The van der Waals surface area contributed by atoms with Gasteiger partial charge in [0.2, 0.25) is 0 Å².